The molecule has 0 aromatic heterocycles. The van der Waals surface area contributed by atoms with Crippen molar-refractivity contribution in [2.24, 2.45) is 0 Å². The smallest absolute Gasteiger partial charge is 0.258 e. The summed E-state index contributed by atoms with van der Waals surface area (Å²) in [5, 5.41) is 0.562. The summed E-state index contributed by atoms with van der Waals surface area (Å²) >= 11 is 5.91. The molecule has 2 aromatic carbocycles. The van der Waals surface area contributed by atoms with E-state index in [0.29, 0.717) is 22.0 Å². The first-order chi connectivity index (χ1) is 14.9. The van der Waals surface area contributed by atoms with E-state index in [1.807, 2.05) is 0 Å². The molecule has 0 aliphatic carbocycles. The van der Waals surface area contributed by atoms with Crippen molar-refractivity contribution in [3.63, 3.8) is 0 Å². The zero-order valence-electron chi connectivity index (χ0n) is 17.4. The van der Waals surface area contributed by atoms with Crippen LogP contribution in [-0.2, 0) is 14.3 Å². The summed E-state index contributed by atoms with van der Waals surface area (Å²) in [5.74, 6) is -0.449. The molecule has 31 heavy (non-hydrogen) atoms. The second kappa shape index (κ2) is 10.3. The zero-order valence-corrected chi connectivity index (χ0v) is 18.2. The number of anilines is 1. The summed E-state index contributed by atoms with van der Waals surface area (Å²) in [6.45, 7) is 0.372. The van der Waals surface area contributed by atoms with E-state index in [4.69, 9.17) is 21.1 Å². The Morgan fingerprint density at radius 1 is 1.10 bits per heavy atom. The number of hydrogen-bond donors (Lipinski definition) is 0. The van der Waals surface area contributed by atoms with Crippen molar-refractivity contribution in [3.8, 4) is 5.75 Å². The Morgan fingerprint density at radius 2 is 1.81 bits per heavy atom. The van der Waals surface area contributed by atoms with Gasteiger partial charge < -0.3 is 19.3 Å². The van der Waals surface area contributed by atoms with Crippen LogP contribution < -0.4 is 9.64 Å². The number of para-hydroxylation sites is 1. The Balaban J connectivity index is 1.72. The van der Waals surface area contributed by atoms with E-state index in [0.717, 1.165) is 0 Å². The lowest BCUT2D eigenvalue weighted by Crippen LogP contribution is -2.44. The molecule has 0 atom stereocenters. The Kier molecular flexibility index (Phi) is 7.49. The average molecular weight is 446 g/mol. The molecule has 2 aromatic rings. The molecule has 1 fully saturated rings. The number of carbonyl (C=O) groups excluding carboxylic acids is 3. The maximum Gasteiger partial charge on any atom is 0.258 e. The first-order valence-electron chi connectivity index (χ1n) is 9.69. The van der Waals surface area contributed by atoms with E-state index in [9.17, 15) is 14.4 Å². The summed E-state index contributed by atoms with van der Waals surface area (Å²) < 4.78 is 10.4. The van der Waals surface area contributed by atoms with Crippen LogP contribution in [0.3, 0.4) is 0 Å². The maximum absolute atomic E-state index is 13.1. The molecule has 8 nitrogen and oxygen atoms in total. The Morgan fingerprint density at radius 3 is 2.48 bits per heavy atom. The highest BCUT2D eigenvalue weighted by molar-refractivity contribution is 6.30. The van der Waals surface area contributed by atoms with Crippen LogP contribution in [-0.4, -0.2) is 74.7 Å². The molecule has 3 amide bonds. The van der Waals surface area contributed by atoms with Crippen molar-refractivity contribution >= 4 is 35.0 Å². The van der Waals surface area contributed by atoms with E-state index < -0.39 is 0 Å². The Bertz CT molecular complexity index is 950. The third-order valence-corrected chi connectivity index (χ3v) is 5.20. The van der Waals surface area contributed by atoms with Gasteiger partial charge in [0, 0.05) is 24.4 Å². The quantitative estimate of drug-likeness (QED) is 0.622. The van der Waals surface area contributed by atoms with Gasteiger partial charge in [-0.05, 0) is 36.4 Å². The summed E-state index contributed by atoms with van der Waals surface area (Å²) in [4.78, 5) is 42.8. The third-order valence-electron chi connectivity index (χ3n) is 4.95. The SMILES string of the molecule is COCCN(CC(=O)N1CC(=O)N(c2ccc(Cl)cc2)C1)C(=O)c1ccccc1OC. The minimum Gasteiger partial charge on any atom is -0.496 e. The molecule has 0 spiro atoms. The van der Waals surface area contributed by atoms with Crippen LogP contribution in [0.2, 0.25) is 5.02 Å². The largest absolute Gasteiger partial charge is 0.496 e. The number of nitrogens with zero attached hydrogens (tertiary/aromatic N) is 3. The van der Waals surface area contributed by atoms with Gasteiger partial charge in [0.25, 0.3) is 5.91 Å². The van der Waals surface area contributed by atoms with Crippen molar-refractivity contribution in [1.29, 1.82) is 0 Å². The fraction of sp³-hybridized carbons (Fsp3) is 0.318. The number of benzene rings is 2. The molecule has 164 valence electrons. The first-order valence-corrected chi connectivity index (χ1v) is 10.1. The molecule has 9 heteroatoms. The van der Waals surface area contributed by atoms with Gasteiger partial charge in [-0.1, -0.05) is 23.7 Å². The van der Waals surface area contributed by atoms with Crippen LogP contribution in [0.1, 0.15) is 10.4 Å². The van der Waals surface area contributed by atoms with Gasteiger partial charge in [0.15, 0.2) is 0 Å². The van der Waals surface area contributed by atoms with Gasteiger partial charge in [0.1, 0.15) is 25.5 Å². The summed E-state index contributed by atoms with van der Waals surface area (Å²) in [6.07, 6.45) is 0. The van der Waals surface area contributed by atoms with Gasteiger partial charge >= 0.3 is 0 Å². The summed E-state index contributed by atoms with van der Waals surface area (Å²) in [7, 11) is 3.01. The summed E-state index contributed by atoms with van der Waals surface area (Å²) in [6, 6.07) is 13.7. The average Bonchev–Trinajstić information content (AvgIpc) is 3.18. The van der Waals surface area contributed by atoms with Gasteiger partial charge in [0.05, 0.1) is 19.3 Å². The van der Waals surface area contributed by atoms with Crippen molar-refractivity contribution < 1.29 is 23.9 Å². The van der Waals surface area contributed by atoms with Gasteiger partial charge in [-0.15, -0.1) is 0 Å². The molecule has 1 aliphatic heterocycles. The standard InChI is InChI=1S/C22H24ClN3O5/c1-30-12-11-24(22(29)18-5-3-4-6-19(18)31-2)13-20(27)25-14-21(28)26(15-25)17-9-7-16(23)8-10-17/h3-10H,11-15H2,1-2H3. The number of hydrogen-bond acceptors (Lipinski definition) is 5. The number of methoxy groups -OCH3 is 2. The van der Waals surface area contributed by atoms with Crippen LogP contribution in [0.25, 0.3) is 0 Å². The van der Waals surface area contributed by atoms with Gasteiger partial charge in [-0.25, -0.2) is 0 Å². The van der Waals surface area contributed by atoms with Crippen LogP contribution in [0.15, 0.2) is 48.5 Å². The highest BCUT2D eigenvalue weighted by Crippen LogP contribution is 2.23. The number of ether oxygens (including phenoxy) is 2. The van der Waals surface area contributed by atoms with Crippen molar-refractivity contribution in [3.05, 3.63) is 59.1 Å². The second-order valence-corrected chi connectivity index (χ2v) is 7.39. The molecule has 1 aliphatic rings. The topological polar surface area (TPSA) is 79.4 Å². The molecule has 3 rings (SSSR count). The van der Waals surface area contributed by atoms with Crippen molar-refractivity contribution in [2.45, 2.75) is 0 Å². The first kappa shape index (κ1) is 22.6. The minimum atomic E-state index is -0.345. The van der Waals surface area contributed by atoms with Crippen LogP contribution in [0, 0.1) is 0 Å². The normalized spacial score (nSPS) is 13.5. The molecular formula is C22H24ClN3O5. The van der Waals surface area contributed by atoms with Crippen molar-refractivity contribution in [1.82, 2.24) is 9.80 Å². The van der Waals surface area contributed by atoms with Crippen LogP contribution in [0.4, 0.5) is 5.69 Å². The van der Waals surface area contributed by atoms with E-state index in [2.05, 4.69) is 0 Å². The molecule has 0 unspecified atom stereocenters. The molecule has 0 saturated carbocycles. The lowest BCUT2D eigenvalue weighted by molar-refractivity contribution is -0.132. The van der Waals surface area contributed by atoms with E-state index >= 15 is 0 Å². The molecule has 0 bridgehead atoms. The van der Waals surface area contributed by atoms with E-state index in [1.165, 1.54) is 28.9 Å². The van der Waals surface area contributed by atoms with Gasteiger partial charge in [-0.2, -0.15) is 0 Å². The minimum absolute atomic E-state index is 0.0531. The Labute approximate surface area is 185 Å². The van der Waals surface area contributed by atoms with Crippen molar-refractivity contribution in [2.75, 3.05) is 52.0 Å². The molecule has 1 saturated heterocycles. The van der Waals surface area contributed by atoms with E-state index in [-0.39, 0.29) is 50.6 Å². The highest BCUT2D eigenvalue weighted by Gasteiger charge is 2.33. The lowest BCUT2D eigenvalue weighted by Gasteiger charge is -2.25. The number of rotatable bonds is 8. The lowest BCUT2D eigenvalue weighted by atomic mass is 10.1. The molecule has 0 N–H and O–H groups in total. The maximum atomic E-state index is 13.1. The molecule has 1 heterocycles. The third kappa shape index (κ3) is 5.34. The fourth-order valence-electron chi connectivity index (χ4n) is 3.27. The highest BCUT2D eigenvalue weighted by atomic mass is 35.5. The summed E-state index contributed by atoms with van der Waals surface area (Å²) in [5.41, 5.74) is 1.01. The predicted molar refractivity (Wildman–Crippen MR) is 116 cm³/mol. The van der Waals surface area contributed by atoms with Crippen LogP contribution >= 0.6 is 11.6 Å². The zero-order chi connectivity index (χ0) is 22.4. The van der Waals surface area contributed by atoms with Gasteiger partial charge in [-0.3, -0.25) is 19.3 Å². The Hall–Kier alpha value is -3.10. The predicted octanol–water partition coefficient (Wildman–Crippen LogP) is 2.27. The fourth-order valence-corrected chi connectivity index (χ4v) is 3.40. The molecular weight excluding hydrogens is 422 g/mol. The monoisotopic (exact) mass is 445 g/mol. The van der Waals surface area contributed by atoms with Crippen LogP contribution in [0.5, 0.6) is 5.75 Å². The van der Waals surface area contributed by atoms with Gasteiger partial charge in [0.2, 0.25) is 11.8 Å². The number of amides is 3. The molecule has 0 radical (unpaired) electrons. The number of carbonyl (C=O) groups is 3. The van der Waals surface area contributed by atoms with E-state index in [1.54, 1.807) is 48.5 Å². The number of halogens is 1. The second-order valence-electron chi connectivity index (χ2n) is 6.95.